The van der Waals surface area contributed by atoms with Gasteiger partial charge in [-0.15, -0.1) is 0 Å². The number of hydrogen-bond acceptors (Lipinski definition) is 3. The average molecular weight is 220 g/mol. The number of hydrogen-bond donors (Lipinski definition) is 1. The first-order valence-corrected chi connectivity index (χ1v) is 5.32. The lowest BCUT2D eigenvalue weighted by molar-refractivity contribution is -0.154. The van der Waals surface area contributed by atoms with Crippen molar-refractivity contribution in [1.29, 1.82) is 0 Å². The van der Waals surface area contributed by atoms with E-state index in [0.717, 1.165) is 11.3 Å². The van der Waals surface area contributed by atoms with Crippen LogP contribution in [0.4, 0.5) is 5.69 Å². The molecule has 0 spiro atoms. The third-order valence-electron chi connectivity index (χ3n) is 2.40. The first-order valence-electron chi connectivity index (χ1n) is 5.32. The van der Waals surface area contributed by atoms with E-state index in [2.05, 4.69) is 4.98 Å². The van der Waals surface area contributed by atoms with E-state index < -0.39 is 5.41 Å². The topological polar surface area (TPSA) is 45.3 Å². The van der Waals surface area contributed by atoms with Gasteiger partial charge in [0.15, 0.2) is 0 Å². The third kappa shape index (κ3) is 1.96. The van der Waals surface area contributed by atoms with Crippen LogP contribution in [0.15, 0.2) is 18.5 Å². The predicted molar refractivity (Wildman–Crippen MR) is 62.7 cm³/mol. The number of rotatable bonds is 1. The predicted octanol–water partition coefficient (Wildman–Crippen LogP) is 2.35. The summed E-state index contributed by atoms with van der Waals surface area (Å²) < 4.78 is 0. The van der Waals surface area contributed by atoms with E-state index in [4.69, 9.17) is 4.84 Å². The van der Waals surface area contributed by atoms with Crippen LogP contribution in [-0.4, -0.2) is 17.5 Å². The average Bonchev–Trinajstić information content (AvgIpc) is 2.65. The van der Waals surface area contributed by atoms with Gasteiger partial charge < -0.3 is 9.82 Å². The molecule has 16 heavy (non-hydrogen) atoms. The smallest absolute Gasteiger partial charge is 0.337 e. The number of aromatic nitrogens is 1. The molecule has 1 aliphatic heterocycles. The Morgan fingerprint density at radius 1 is 1.44 bits per heavy atom. The van der Waals surface area contributed by atoms with E-state index >= 15 is 0 Å². The van der Waals surface area contributed by atoms with Gasteiger partial charge in [0.1, 0.15) is 0 Å². The van der Waals surface area contributed by atoms with Crippen LogP contribution in [0.5, 0.6) is 0 Å². The van der Waals surface area contributed by atoms with E-state index in [9.17, 15) is 4.79 Å². The molecule has 0 fully saturated rings. The summed E-state index contributed by atoms with van der Waals surface area (Å²) in [6.07, 6.45) is 7.68. The minimum absolute atomic E-state index is 0.227. The molecule has 0 saturated heterocycles. The molecule has 0 bridgehead atoms. The Kier molecular flexibility index (Phi) is 2.50. The number of anilines is 1. The number of nitrogens with zero attached hydrogens (tertiary/aromatic N) is 1. The third-order valence-corrected chi connectivity index (χ3v) is 2.40. The Bertz CT molecular complexity index is 426. The van der Waals surface area contributed by atoms with Crippen molar-refractivity contribution in [3.8, 4) is 0 Å². The van der Waals surface area contributed by atoms with Gasteiger partial charge in [-0.2, -0.15) is 0 Å². The minimum atomic E-state index is -0.488. The fourth-order valence-corrected chi connectivity index (χ4v) is 1.41. The molecular weight excluding hydrogens is 204 g/mol. The van der Waals surface area contributed by atoms with Crippen LogP contribution in [0.3, 0.4) is 0 Å². The van der Waals surface area contributed by atoms with Crippen LogP contribution >= 0.6 is 0 Å². The Labute approximate surface area is 94.9 Å². The zero-order valence-electron chi connectivity index (χ0n) is 9.78. The highest BCUT2D eigenvalue weighted by atomic mass is 16.7. The number of carbonyl (C=O) groups is 1. The number of hydroxylamine groups is 1. The van der Waals surface area contributed by atoms with E-state index in [0.29, 0.717) is 6.54 Å². The highest BCUT2D eigenvalue weighted by Crippen LogP contribution is 2.27. The zero-order chi connectivity index (χ0) is 11.8. The van der Waals surface area contributed by atoms with Crippen molar-refractivity contribution in [3.63, 3.8) is 0 Å². The molecule has 2 rings (SSSR count). The lowest BCUT2D eigenvalue weighted by Gasteiger charge is -2.27. The van der Waals surface area contributed by atoms with Crippen LogP contribution in [0.1, 0.15) is 26.3 Å². The summed E-state index contributed by atoms with van der Waals surface area (Å²) in [6, 6.07) is 0. The van der Waals surface area contributed by atoms with E-state index in [1.807, 2.05) is 45.3 Å². The standard InChI is InChI=1S/C12H16N2O2/c1-12(2,3)11(15)16-14-6-4-5-9-7-13-8-10(9)14/h4-5,7-8,13H,6H2,1-3H3. The molecule has 4 heteroatoms. The Balaban J connectivity index is 2.14. The Morgan fingerprint density at radius 3 is 2.88 bits per heavy atom. The lowest BCUT2D eigenvalue weighted by atomic mass is 9.98. The molecule has 1 aromatic heterocycles. The first kappa shape index (κ1) is 10.8. The first-order chi connectivity index (χ1) is 7.48. The number of H-pyrrole nitrogens is 1. The van der Waals surface area contributed by atoms with Crippen LogP contribution in [0.25, 0.3) is 6.08 Å². The van der Waals surface area contributed by atoms with Gasteiger partial charge >= 0.3 is 5.97 Å². The molecule has 86 valence electrons. The second-order valence-corrected chi connectivity index (χ2v) is 4.89. The van der Waals surface area contributed by atoms with Crippen LogP contribution in [-0.2, 0) is 9.63 Å². The van der Waals surface area contributed by atoms with Crippen molar-refractivity contribution < 1.29 is 9.63 Å². The summed E-state index contributed by atoms with van der Waals surface area (Å²) in [5, 5.41) is 1.61. The number of nitrogens with one attached hydrogen (secondary N) is 1. The SMILES string of the molecule is CC(C)(C)C(=O)ON1CC=Cc2c[nH]cc21. The van der Waals surface area contributed by atoms with Gasteiger partial charge in [-0.3, -0.25) is 0 Å². The molecule has 1 aromatic rings. The Hall–Kier alpha value is -1.71. The highest BCUT2D eigenvalue weighted by Gasteiger charge is 2.27. The van der Waals surface area contributed by atoms with Gasteiger partial charge in [-0.25, -0.2) is 9.86 Å². The highest BCUT2D eigenvalue weighted by molar-refractivity contribution is 5.78. The van der Waals surface area contributed by atoms with Crippen molar-refractivity contribution >= 4 is 17.7 Å². The maximum Gasteiger partial charge on any atom is 0.337 e. The molecule has 0 saturated carbocycles. The number of aromatic amines is 1. The normalized spacial score (nSPS) is 14.8. The van der Waals surface area contributed by atoms with Gasteiger partial charge in [-0.05, 0) is 20.8 Å². The molecule has 0 aromatic carbocycles. The molecular formula is C12H16N2O2. The molecule has 0 atom stereocenters. The number of fused-ring (bicyclic) bond motifs is 1. The Morgan fingerprint density at radius 2 is 2.19 bits per heavy atom. The second-order valence-electron chi connectivity index (χ2n) is 4.89. The summed E-state index contributed by atoms with van der Waals surface area (Å²) in [6.45, 7) is 6.11. The van der Waals surface area contributed by atoms with Gasteiger partial charge in [0.05, 0.1) is 17.6 Å². The quantitative estimate of drug-likeness (QED) is 0.790. The summed E-state index contributed by atoms with van der Waals surface area (Å²) in [7, 11) is 0. The van der Waals surface area contributed by atoms with Gasteiger partial charge in [0, 0.05) is 18.0 Å². The molecule has 4 nitrogen and oxygen atoms in total. The van der Waals surface area contributed by atoms with Crippen molar-refractivity contribution in [1.82, 2.24) is 4.98 Å². The zero-order valence-corrected chi connectivity index (χ0v) is 9.78. The largest absolute Gasteiger partial charge is 0.365 e. The molecule has 2 heterocycles. The summed E-state index contributed by atoms with van der Waals surface area (Å²) >= 11 is 0. The van der Waals surface area contributed by atoms with E-state index in [1.165, 1.54) is 0 Å². The van der Waals surface area contributed by atoms with Gasteiger partial charge in [-0.1, -0.05) is 12.2 Å². The van der Waals surface area contributed by atoms with E-state index in [1.54, 1.807) is 5.06 Å². The maximum absolute atomic E-state index is 11.8. The molecule has 0 radical (unpaired) electrons. The monoisotopic (exact) mass is 220 g/mol. The van der Waals surface area contributed by atoms with Crippen molar-refractivity contribution in [3.05, 3.63) is 24.0 Å². The van der Waals surface area contributed by atoms with Crippen molar-refractivity contribution in [2.45, 2.75) is 20.8 Å². The van der Waals surface area contributed by atoms with Gasteiger partial charge in [0.2, 0.25) is 0 Å². The molecule has 0 unspecified atom stereocenters. The maximum atomic E-state index is 11.8. The van der Waals surface area contributed by atoms with Crippen molar-refractivity contribution in [2.75, 3.05) is 11.6 Å². The van der Waals surface area contributed by atoms with Crippen LogP contribution in [0, 0.1) is 5.41 Å². The molecule has 0 amide bonds. The molecule has 0 aliphatic carbocycles. The molecule has 1 aliphatic rings. The second kappa shape index (κ2) is 3.70. The van der Waals surface area contributed by atoms with Crippen molar-refractivity contribution in [2.24, 2.45) is 5.41 Å². The summed E-state index contributed by atoms with van der Waals surface area (Å²) in [5.74, 6) is -0.227. The summed E-state index contributed by atoms with van der Waals surface area (Å²) in [5.41, 5.74) is 1.45. The van der Waals surface area contributed by atoms with Crippen LogP contribution < -0.4 is 5.06 Å². The fourth-order valence-electron chi connectivity index (χ4n) is 1.41. The lowest BCUT2D eigenvalue weighted by Crippen LogP contribution is -2.34. The minimum Gasteiger partial charge on any atom is -0.365 e. The number of carbonyl (C=O) groups excluding carboxylic acids is 1. The fraction of sp³-hybridized carbons (Fsp3) is 0.417. The van der Waals surface area contributed by atoms with Crippen LogP contribution in [0.2, 0.25) is 0 Å². The summed E-state index contributed by atoms with van der Waals surface area (Å²) in [4.78, 5) is 20.1. The van der Waals surface area contributed by atoms with Gasteiger partial charge in [0.25, 0.3) is 0 Å². The van der Waals surface area contributed by atoms with E-state index in [-0.39, 0.29) is 5.97 Å². The molecule has 1 N–H and O–H groups in total.